The zero-order valence-electron chi connectivity index (χ0n) is 22.1. The van der Waals surface area contributed by atoms with Crippen LogP contribution in [0.25, 0.3) is 0 Å². The van der Waals surface area contributed by atoms with Crippen LogP contribution in [0.15, 0.2) is 54.6 Å². The van der Waals surface area contributed by atoms with Crippen LogP contribution in [0.3, 0.4) is 0 Å². The number of nitrogens with zero attached hydrogens (tertiary/aromatic N) is 2. The molecule has 3 rings (SSSR count). The molecule has 0 aromatic heterocycles. The predicted octanol–water partition coefficient (Wildman–Crippen LogP) is 3.00. The molecule has 0 aliphatic carbocycles. The van der Waals surface area contributed by atoms with Crippen LogP contribution < -0.4 is 15.5 Å². The van der Waals surface area contributed by atoms with E-state index in [-0.39, 0.29) is 19.6 Å². The minimum atomic E-state index is -1.18. The van der Waals surface area contributed by atoms with Gasteiger partial charge in [-0.1, -0.05) is 42.5 Å². The van der Waals surface area contributed by atoms with Crippen molar-refractivity contribution in [3.63, 3.8) is 0 Å². The maximum Gasteiger partial charge on any atom is 0.407 e. The first kappa shape index (κ1) is 31.0. The molecule has 2 aromatic carbocycles. The van der Waals surface area contributed by atoms with Crippen LogP contribution in [-0.2, 0) is 32.1 Å². The molecule has 0 radical (unpaired) electrons. The molecule has 216 valence electrons. The van der Waals surface area contributed by atoms with Gasteiger partial charge in [-0.2, -0.15) is 0 Å². The highest BCUT2D eigenvalue weighted by molar-refractivity contribution is 6.18. The molecule has 0 saturated carbocycles. The molecule has 1 fully saturated rings. The number of ether oxygens (including phenoxy) is 1. The Morgan fingerprint density at radius 2 is 1.68 bits per heavy atom. The van der Waals surface area contributed by atoms with Gasteiger partial charge in [-0.25, -0.2) is 9.59 Å². The number of likely N-dealkylation sites (tertiary alicyclic amines) is 1. The summed E-state index contributed by atoms with van der Waals surface area (Å²) in [6.45, 7) is 1.31. The van der Waals surface area contributed by atoms with E-state index in [0.717, 1.165) is 16.8 Å². The minimum Gasteiger partial charge on any atom is -0.480 e. The molecule has 10 nitrogen and oxygen atoms in total. The number of carbonyl (C=O) groups is 4. The van der Waals surface area contributed by atoms with E-state index in [9.17, 15) is 24.3 Å². The van der Waals surface area contributed by atoms with Gasteiger partial charge in [0, 0.05) is 43.5 Å². The zero-order chi connectivity index (χ0) is 28.9. The number of alkyl carbamates (subject to hydrolysis) is 1. The largest absolute Gasteiger partial charge is 0.480 e. The van der Waals surface area contributed by atoms with Gasteiger partial charge in [-0.15, -0.1) is 23.2 Å². The Balaban J connectivity index is 1.52. The summed E-state index contributed by atoms with van der Waals surface area (Å²) < 4.78 is 5.12. The Morgan fingerprint density at radius 1 is 1.00 bits per heavy atom. The highest BCUT2D eigenvalue weighted by Crippen LogP contribution is 2.19. The van der Waals surface area contributed by atoms with E-state index >= 15 is 0 Å². The van der Waals surface area contributed by atoms with Gasteiger partial charge in [0.05, 0.1) is 0 Å². The molecule has 0 bridgehead atoms. The van der Waals surface area contributed by atoms with Gasteiger partial charge in [0.15, 0.2) is 0 Å². The smallest absolute Gasteiger partial charge is 0.407 e. The van der Waals surface area contributed by atoms with E-state index in [2.05, 4.69) is 10.6 Å². The number of hydrogen-bond acceptors (Lipinski definition) is 6. The van der Waals surface area contributed by atoms with E-state index in [1.807, 2.05) is 47.4 Å². The van der Waals surface area contributed by atoms with Gasteiger partial charge < -0.3 is 30.3 Å². The van der Waals surface area contributed by atoms with Gasteiger partial charge in [0.2, 0.25) is 11.8 Å². The SMILES string of the molecule is O=C(NCC(=O)N1CCC[C@H]1C(=O)N[C@@H](Cc1ccc(N(CCCl)CCCl)cc1)C(=O)O)OCc1ccccc1. The Kier molecular flexibility index (Phi) is 12.4. The van der Waals surface area contributed by atoms with Gasteiger partial charge in [0.1, 0.15) is 25.2 Å². The van der Waals surface area contributed by atoms with Crippen LogP contribution >= 0.6 is 23.2 Å². The number of carbonyl (C=O) groups excluding carboxylic acids is 3. The second kappa shape index (κ2) is 15.9. The second-order valence-electron chi connectivity index (χ2n) is 9.30. The van der Waals surface area contributed by atoms with Gasteiger partial charge >= 0.3 is 12.1 Å². The van der Waals surface area contributed by atoms with E-state index in [4.69, 9.17) is 27.9 Å². The average Bonchev–Trinajstić information content (AvgIpc) is 3.46. The Hall–Kier alpha value is -3.50. The van der Waals surface area contributed by atoms with Crippen molar-refractivity contribution in [3.05, 3.63) is 65.7 Å². The van der Waals surface area contributed by atoms with Crippen molar-refractivity contribution in [2.24, 2.45) is 0 Å². The lowest BCUT2D eigenvalue weighted by Gasteiger charge is -2.26. The van der Waals surface area contributed by atoms with E-state index < -0.39 is 36.0 Å². The number of rotatable bonds is 14. The fourth-order valence-electron chi connectivity index (χ4n) is 4.48. The molecular weight excluding hydrogens is 559 g/mol. The summed E-state index contributed by atoms with van der Waals surface area (Å²) in [7, 11) is 0. The van der Waals surface area contributed by atoms with E-state index in [1.54, 1.807) is 12.1 Å². The molecule has 40 heavy (non-hydrogen) atoms. The summed E-state index contributed by atoms with van der Waals surface area (Å²) >= 11 is 11.8. The molecule has 3 amide bonds. The zero-order valence-corrected chi connectivity index (χ0v) is 23.6. The summed E-state index contributed by atoms with van der Waals surface area (Å²) in [4.78, 5) is 53.2. The Bertz CT molecular complexity index is 1130. The monoisotopic (exact) mass is 592 g/mol. The maximum atomic E-state index is 13.0. The number of hydrogen-bond donors (Lipinski definition) is 3. The number of halogens is 2. The summed E-state index contributed by atoms with van der Waals surface area (Å²) in [5.74, 6) is -1.28. The topological polar surface area (TPSA) is 128 Å². The fourth-order valence-corrected chi connectivity index (χ4v) is 4.89. The van der Waals surface area contributed by atoms with Crippen molar-refractivity contribution in [1.82, 2.24) is 15.5 Å². The van der Waals surface area contributed by atoms with Crippen LogP contribution in [0.5, 0.6) is 0 Å². The molecule has 1 aliphatic rings. The molecule has 2 aromatic rings. The van der Waals surface area contributed by atoms with Crippen molar-refractivity contribution in [2.45, 2.75) is 38.0 Å². The molecule has 3 N–H and O–H groups in total. The first-order valence-electron chi connectivity index (χ1n) is 13.1. The highest BCUT2D eigenvalue weighted by Gasteiger charge is 2.36. The van der Waals surface area contributed by atoms with Crippen LogP contribution in [0, 0.1) is 0 Å². The third-order valence-corrected chi connectivity index (χ3v) is 6.88. The number of nitrogens with one attached hydrogen (secondary N) is 2. The molecule has 12 heteroatoms. The molecule has 0 spiro atoms. The third-order valence-electron chi connectivity index (χ3n) is 6.54. The van der Waals surface area contributed by atoms with E-state index in [1.165, 1.54) is 4.90 Å². The highest BCUT2D eigenvalue weighted by atomic mass is 35.5. The lowest BCUT2D eigenvalue weighted by molar-refractivity contribution is -0.143. The first-order chi connectivity index (χ1) is 19.3. The fraction of sp³-hybridized carbons (Fsp3) is 0.429. The van der Waals surface area contributed by atoms with Gasteiger partial charge in [0.25, 0.3) is 0 Å². The van der Waals surface area contributed by atoms with Crippen LogP contribution in [0.2, 0.25) is 0 Å². The summed E-state index contributed by atoms with van der Waals surface area (Å²) in [6.07, 6.45) is 0.307. The van der Waals surface area contributed by atoms with Crippen molar-refractivity contribution in [1.29, 1.82) is 0 Å². The molecular formula is C28H34Cl2N4O6. The number of carboxylic acid groups (broad SMARTS) is 1. The van der Waals surface area contributed by atoms with E-state index in [0.29, 0.717) is 44.2 Å². The average molecular weight is 594 g/mol. The number of benzene rings is 2. The first-order valence-corrected chi connectivity index (χ1v) is 14.1. The molecule has 1 heterocycles. The van der Waals surface area contributed by atoms with Gasteiger partial charge in [-0.3, -0.25) is 9.59 Å². The summed E-state index contributed by atoms with van der Waals surface area (Å²) in [5.41, 5.74) is 2.45. The molecule has 0 unspecified atom stereocenters. The van der Waals surface area contributed by atoms with Crippen molar-refractivity contribution in [3.8, 4) is 0 Å². The molecule has 1 saturated heterocycles. The number of aliphatic carboxylic acids is 1. The molecule has 1 aliphatic heterocycles. The van der Waals surface area contributed by atoms with Crippen molar-refractivity contribution >= 4 is 52.8 Å². The Labute approximate surface area is 243 Å². The number of carboxylic acids is 1. The Morgan fingerprint density at radius 3 is 2.30 bits per heavy atom. The second-order valence-corrected chi connectivity index (χ2v) is 10.1. The molecule has 2 atom stereocenters. The van der Waals surface area contributed by atoms with Crippen LogP contribution in [-0.4, -0.2) is 83.9 Å². The normalized spacial score (nSPS) is 15.2. The van der Waals surface area contributed by atoms with Crippen LogP contribution in [0.1, 0.15) is 24.0 Å². The van der Waals surface area contributed by atoms with Crippen molar-refractivity contribution in [2.75, 3.05) is 42.8 Å². The lowest BCUT2D eigenvalue weighted by atomic mass is 10.0. The predicted molar refractivity (Wildman–Crippen MR) is 153 cm³/mol. The number of alkyl halides is 2. The standard InChI is InChI=1S/C28H34Cl2N4O6/c29-12-15-33(16-13-30)22-10-8-20(9-11-22)17-23(27(37)38)32-26(36)24-7-4-14-34(24)25(35)18-31-28(39)40-19-21-5-2-1-3-6-21/h1-3,5-6,8-11,23-24H,4,7,12-19H2,(H,31,39)(H,32,36)(H,37,38)/t23-,24-/m0/s1. The number of amides is 3. The number of anilines is 1. The van der Waals surface area contributed by atoms with Crippen molar-refractivity contribution < 1.29 is 29.0 Å². The summed E-state index contributed by atoms with van der Waals surface area (Å²) in [5, 5.41) is 14.8. The summed E-state index contributed by atoms with van der Waals surface area (Å²) in [6, 6.07) is 14.5. The quantitative estimate of drug-likeness (QED) is 0.288. The lowest BCUT2D eigenvalue weighted by Crippen LogP contribution is -2.53. The third kappa shape index (κ3) is 9.31. The van der Waals surface area contributed by atoms with Gasteiger partial charge in [-0.05, 0) is 36.1 Å². The maximum absolute atomic E-state index is 13.0. The minimum absolute atomic E-state index is 0.0635. The van der Waals surface area contributed by atoms with Crippen LogP contribution in [0.4, 0.5) is 10.5 Å².